The van der Waals surface area contributed by atoms with Gasteiger partial charge in [-0.25, -0.2) is 18.6 Å². The first kappa shape index (κ1) is 46.4. The van der Waals surface area contributed by atoms with Gasteiger partial charge in [-0.2, -0.15) is 0 Å². The second kappa shape index (κ2) is 21.7. The quantitative estimate of drug-likeness (QED) is 0.0494. The molecule has 0 saturated carbocycles. The molecule has 2 aromatic carbocycles. The lowest BCUT2D eigenvalue weighted by Crippen LogP contribution is -2.58. The van der Waals surface area contributed by atoms with Crippen LogP contribution in [0.4, 0.5) is 16.2 Å². The molecule has 1 aliphatic heterocycles. The molecule has 3 unspecified atom stereocenters. The van der Waals surface area contributed by atoms with Crippen molar-refractivity contribution in [1.29, 1.82) is 0 Å². The molecule has 3 aromatic rings. The molecule has 5 atom stereocenters. The van der Waals surface area contributed by atoms with Gasteiger partial charge in [0.15, 0.2) is 0 Å². The fraction of sp³-hybridized carbons (Fsp3) is 0.432. The van der Waals surface area contributed by atoms with Crippen LogP contribution in [0.3, 0.4) is 0 Å². The number of halogens is 4. The van der Waals surface area contributed by atoms with Gasteiger partial charge in [0, 0.05) is 24.7 Å². The number of aryl methyl sites for hydroxylation is 1. The van der Waals surface area contributed by atoms with Gasteiger partial charge >= 0.3 is 18.0 Å². The molecule has 58 heavy (non-hydrogen) atoms. The Morgan fingerprint density at radius 1 is 1.02 bits per heavy atom. The van der Waals surface area contributed by atoms with E-state index in [1.54, 1.807) is 26.0 Å². The first-order chi connectivity index (χ1) is 27.5. The third-order valence-corrected chi connectivity index (χ3v) is 9.88. The van der Waals surface area contributed by atoms with Crippen LogP contribution in [0.15, 0.2) is 65.3 Å². The van der Waals surface area contributed by atoms with Gasteiger partial charge in [-0.3, -0.25) is 23.8 Å². The lowest BCUT2D eigenvalue weighted by Gasteiger charge is -2.36. The summed E-state index contributed by atoms with van der Waals surface area (Å²) in [7, 11) is 0. The third-order valence-electron chi connectivity index (χ3n) is 8.85. The Morgan fingerprint density at radius 2 is 1.72 bits per heavy atom. The number of likely N-dealkylation sites (tertiary alicyclic amines) is 1. The number of esters is 2. The monoisotopic (exact) mass is 905 g/mol. The molecule has 1 fully saturated rings. The van der Waals surface area contributed by atoms with E-state index in [1.165, 1.54) is 25.3 Å². The number of nitrogens with one attached hydrogen (secondary N) is 3. The number of nitrogens with zero attached hydrogens (tertiary/aromatic N) is 2. The molecule has 3 amide bonds. The van der Waals surface area contributed by atoms with E-state index in [9.17, 15) is 32.7 Å². The number of furan rings is 1. The minimum Gasteiger partial charge on any atom is -0.467 e. The summed E-state index contributed by atoms with van der Waals surface area (Å²) < 4.78 is 42.6. The zero-order valence-electron chi connectivity index (χ0n) is 31.6. The van der Waals surface area contributed by atoms with Crippen molar-refractivity contribution in [2.45, 2.75) is 74.5 Å². The second-order valence-electron chi connectivity index (χ2n) is 12.9. The van der Waals surface area contributed by atoms with Crippen molar-refractivity contribution in [3.05, 3.63) is 82.8 Å². The number of carbonyl (C=O) groups is 5. The molecule has 1 aromatic heterocycles. The summed E-state index contributed by atoms with van der Waals surface area (Å²) in [4.78, 5) is 71.3. The van der Waals surface area contributed by atoms with Crippen LogP contribution in [0.2, 0.25) is 5.02 Å². The second-order valence-corrected chi connectivity index (χ2v) is 16.5. The highest BCUT2D eigenvalue weighted by atomic mass is 35.6. The maximum absolute atomic E-state index is 14.5. The van der Waals surface area contributed by atoms with E-state index in [1.807, 2.05) is 30.3 Å². The van der Waals surface area contributed by atoms with Crippen molar-refractivity contribution in [2.75, 3.05) is 36.4 Å². The van der Waals surface area contributed by atoms with Crippen LogP contribution >= 0.6 is 46.4 Å². The van der Waals surface area contributed by atoms with Crippen molar-refractivity contribution in [3.63, 3.8) is 0 Å². The van der Waals surface area contributed by atoms with Gasteiger partial charge in [0.25, 0.3) is 17.2 Å². The largest absolute Gasteiger partial charge is 0.467 e. The van der Waals surface area contributed by atoms with Crippen LogP contribution < -0.4 is 15.4 Å². The number of hydrogen-bond donors (Lipinski definition) is 4. The highest BCUT2D eigenvalue weighted by molar-refractivity contribution is 7.80. The molecule has 0 aliphatic carbocycles. The zero-order chi connectivity index (χ0) is 42.6. The van der Waals surface area contributed by atoms with Crippen molar-refractivity contribution in [2.24, 2.45) is 0 Å². The van der Waals surface area contributed by atoms with Crippen molar-refractivity contribution in [1.82, 2.24) is 15.1 Å². The summed E-state index contributed by atoms with van der Waals surface area (Å²) in [5.41, 5.74) is 1.04. The van der Waals surface area contributed by atoms with Crippen LogP contribution in [0.1, 0.15) is 55.3 Å². The highest BCUT2D eigenvalue weighted by Gasteiger charge is 2.46. The summed E-state index contributed by atoms with van der Waals surface area (Å²) in [5.74, 6) is -2.55. The number of rotatable bonds is 18. The Kier molecular flexibility index (Phi) is 17.3. The molecule has 2 heterocycles. The van der Waals surface area contributed by atoms with E-state index in [2.05, 4.69) is 15.4 Å². The third kappa shape index (κ3) is 13.1. The molecule has 0 spiro atoms. The SMILES string of the molecule is CCOC(=O)[C@@H]1CC(NC(=O)c2cc(NS(=O)O)c(Cl)cc2NCc2ccco2)CN1C(=O)C(C)N(C(=O)OCC(Cl)(Cl)Cl)[C@@H](CCc1ccccc1)C(=O)OCC. The van der Waals surface area contributed by atoms with Gasteiger partial charge in [-0.05, 0) is 63.4 Å². The number of alkyl halides is 3. The molecule has 1 saturated heterocycles. The Labute approximate surface area is 357 Å². The van der Waals surface area contributed by atoms with Crippen LogP contribution in [0.25, 0.3) is 0 Å². The number of carbonyl (C=O) groups excluding carboxylic acids is 5. The van der Waals surface area contributed by atoms with Crippen molar-refractivity contribution >= 4 is 98.9 Å². The van der Waals surface area contributed by atoms with Gasteiger partial charge in [0.1, 0.15) is 30.5 Å². The first-order valence-corrected chi connectivity index (χ1v) is 20.6. The number of amides is 3. The maximum atomic E-state index is 14.5. The van der Waals surface area contributed by atoms with Crippen LogP contribution in [0.5, 0.6) is 0 Å². The molecule has 1 aliphatic rings. The number of benzene rings is 2. The minimum absolute atomic E-state index is 0.00141. The molecule has 4 rings (SSSR count). The average molecular weight is 908 g/mol. The van der Waals surface area contributed by atoms with Crippen LogP contribution in [-0.2, 0) is 52.8 Å². The molecule has 21 heteroatoms. The topological polar surface area (TPSA) is 206 Å². The molecule has 316 valence electrons. The molecule has 4 N–H and O–H groups in total. The smallest absolute Gasteiger partial charge is 0.411 e. The number of hydrogen-bond acceptors (Lipinski definition) is 11. The van der Waals surface area contributed by atoms with Crippen molar-refractivity contribution < 1.29 is 51.4 Å². The van der Waals surface area contributed by atoms with E-state index in [0.29, 0.717) is 5.76 Å². The fourth-order valence-electron chi connectivity index (χ4n) is 6.27. The van der Waals surface area contributed by atoms with E-state index in [-0.39, 0.29) is 67.5 Å². The van der Waals surface area contributed by atoms with E-state index in [4.69, 9.17) is 65.0 Å². The average Bonchev–Trinajstić information content (AvgIpc) is 3.85. The Balaban J connectivity index is 1.66. The van der Waals surface area contributed by atoms with Crippen LogP contribution in [-0.4, -0.2) is 103 Å². The van der Waals surface area contributed by atoms with Crippen molar-refractivity contribution in [3.8, 4) is 0 Å². The molecule has 0 radical (unpaired) electrons. The van der Waals surface area contributed by atoms with Crippen LogP contribution in [0, 0.1) is 0 Å². The molecule has 16 nitrogen and oxygen atoms in total. The normalized spacial score (nSPS) is 16.7. The standard InChI is InChI=1S/C37H43Cl4N5O11S/c1-4-54-34(49)30(14-13-23-10-7-6-8-11-23)46(36(51)57-21-37(39,40)41)22(3)33(48)45-20-24(16-31(45)35(50)55-5-2)43-32(47)26-17-29(44-58(52)53)27(38)18-28(26)42-19-25-12-9-15-56-25/h6-12,15,17-18,22,24,30-31,42,44H,4-5,13-14,16,19-21H2,1-3H3,(H,43,47)(H,52,53)/t22?,24?,30-,31-/m0/s1. The lowest BCUT2D eigenvalue weighted by molar-refractivity contribution is -0.157. The van der Waals surface area contributed by atoms with Gasteiger partial charge in [0.2, 0.25) is 9.70 Å². The predicted molar refractivity (Wildman–Crippen MR) is 218 cm³/mol. The molecular formula is C37H43Cl4N5O11S. The maximum Gasteiger partial charge on any atom is 0.411 e. The fourth-order valence-corrected chi connectivity index (χ4v) is 7.06. The molecular weight excluding hydrogens is 864 g/mol. The summed E-state index contributed by atoms with van der Waals surface area (Å²) in [6.07, 6.45) is 0.493. The van der Waals surface area contributed by atoms with Gasteiger partial charge in [-0.1, -0.05) is 76.7 Å². The van der Waals surface area contributed by atoms with E-state index < -0.39 is 75.7 Å². The summed E-state index contributed by atoms with van der Waals surface area (Å²) in [6.45, 7) is 3.65. The zero-order valence-corrected chi connectivity index (χ0v) is 35.4. The van der Waals surface area contributed by atoms with Gasteiger partial charge in [0.05, 0.1) is 42.3 Å². The minimum atomic E-state index is -2.53. The highest BCUT2D eigenvalue weighted by Crippen LogP contribution is 2.32. The predicted octanol–water partition coefficient (Wildman–Crippen LogP) is 6.12. The first-order valence-electron chi connectivity index (χ1n) is 18.0. The van der Waals surface area contributed by atoms with Gasteiger partial charge in [-0.15, -0.1) is 0 Å². The van der Waals surface area contributed by atoms with E-state index in [0.717, 1.165) is 15.4 Å². The lowest BCUT2D eigenvalue weighted by atomic mass is 10.0. The Hall–Kier alpha value is -4.26. The van der Waals surface area contributed by atoms with Gasteiger partial charge < -0.3 is 34.2 Å². The summed E-state index contributed by atoms with van der Waals surface area (Å²) in [6, 6.07) is 10.2. The summed E-state index contributed by atoms with van der Waals surface area (Å²) in [5, 5.41) is 5.92. The Morgan fingerprint density at radius 3 is 2.34 bits per heavy atom. The molecule has 0 bridgehead atoms. The number of ether oxygens (including phenoxy) is 3. The van der Waals surface area contributed by atoms with E-state index >= 15 is 0 Å². The summed E-state index contributed by atoms with van der Waals surface area (Å²) >= 11 is 21.5. The number of anilines is 2. The Bertz CT molecular complexity index is 1920.